The molecule has 1 saturated heterocycles. The molecule has 6 N–H and O–H groups in total. The molecule has 0 spiro atoms. The van der Waals surface area contributed by atoms with Gasteiger partial charge in [0.15, 0.2) is 0 Å². The second-order valence-electron chi connectivity index (χ2n) is 11.8. The first-order valence-electron chi connectivity index (χ1n) is 15.6. The van der Waals surface area contributed by atoms with Crippen molar-refractivity contribution in [2.45, 2.75) is 63.1 Å². The Morgan fingerprint density at radius 2 is 1.61 bits per heavy atom. The summed E-state index contributed by atoms with van der Waals surface area (Å²) in [7, 11) is 1.39. The van der Waals surface area contributed by atoms with Gasteiger partial charge in [-0.25, -0.2) is 4.79 Å². The van der Waals surface area contributed by atoms with Crippen molar-refractivity contribution in [3.63, 3.8) is 0 Å². The van der Waals surface area contributed by atoms with E-state index in [9.17, 15) is 34.8 Å². The van der Waals surface area contributed by atoms with Crippen molar-refractivity contribution in [2.75, 3.05) is 53.0 Å². The van der Waals surface area contributed by atoms with Crippen LogP contribution in [0.25, 0.3) is 0 Å². The van der Waals surface area contributed by atoms with E-state index in [-0.39, 0.29) is 23.9 Å². The standard InChI is InChI=1S/C33H45N3O10/c1-3-46-28-16-25(33(44)45-2)24(21-8-9-21)15-23(28)18-35-10-12-36(13-11-35)29(40)14-20-4-6-22(7-5-20)32(43)34-17-26(38)30(41)31(42)27(39)19-37/h4-7,15-16,21,26-27,30-31,37-39,41-42H,3,8-14,17-19H2,1-2H3,(H,34,43). The van der Waals surface area contributed by atoms with Gasteiger partial charge in [0.05, 0.1) is 38.4 Å². The number of ether oxygens (including phenoxy) is 2. The fraction of sp³-hybridized carbons (Fsp3) is 0.545. The molecule has 252 valence electrons. The summed E-state index contributed by atoms with van der Waals surface area (Å²) in [5.41, 5.74) is 3.60. The molecule has 13 nitrogen and oxygen atoms in total. The van der Waals surface area contributed by atoms with Crippen LogP contribution in [0, 0.1) is 0 Å². The minimum Gasteiger partial charge on any atom is -0.494 e. The third-order valence-electron chi connectivity index (χ3n) is 8.44. The molecule has 2 aromatic carbocycles. The number of nitrogens with zero attached hydrogens (tertiary/aromatic N) is 2. The molecule has 4 atom stereocenters. The molecular formula is C33H45N3O10. The average Bonchev–Trinajstić information content (AvgIpc) is 3.92. The van der Waals surface area contributed by atoms with Crippen molar-refractivity contribution in [3.05, 3.63) is 64.2 Å². The second-order valence-corrected chi connectivity index (χ2v) is 11.8. The predicted octanol–water partition coefficient (Wildman–Crippen LogP) is -0.198. The van der Waals surface area contributed by atoms with Gasteiger partial charge >= 0.3 is 5.97 Å². The first-order valence-corrected chi connectivity index (χ1v) is 15.6. The van der Waals surface area contributed by atoms with Crippen LogP contribution in [0.1, 0.15) is 63.1 Å². The van der Waals surface area contributed by atoms with Crippen molar-refractivity contribution < 1.29 is 49.4 Å². The lowest BCUT2D eigenvalue weighted by atomic mass is 9.98. The Morgan fingerprint density at radius 3 is 2.20 bits per heavy atom. The van der Waals surface area contributed by atoms with Crippen molar-refractivity contribution in [3.8, 4) is 5.75 Å². The Labute approximate surface area is 268 Å². The van der Waals surface area contributed by atoms with Crippen LogP contribution in [-0.4, -0.2) is 131 Å². The molecule has 1 aliphatic carbocycles. The molecule has 4 unspecified atom stereocenters. The minimum atomic E-state index is -1.78. The Balaban J connectivity index is 1.27. The summed E-state index contributed by atoms with van der Waals surface area (Å²) in [5.74, 6) is 0.126. The maximum Gasteiger partial charge on any atom is 0.338 e. The maximum atomic E-state index is 13.1. The van der Waals surface area contributed by atoms with Gasteiger partial charge in [-0.3, -0.25) is 14.5 Å². The third kappa shape index (κ3) is 9.02. The predicted molar refractivity (Wildman–Crippen MR) is 166 cm³/mol. The number of benzene rings is 2. The highest BCUT2D eigenvalue weighted by atomic mass is 16.5. The number of piperazine rings is 1. The first-order chi connectivity index (χ1) is 22.1. The molecule has 0 bridgehead atoms. The summed E-state index contributed by atoms with van der Waals surface area (Å²) in [6.07, 6.45) is -4.49. The van der Waals surface area contributed by atoms with E-state index < -0.39 is 43.5 Å². The Hall–Kier alpha value is -3.59. The van der Waals surface area contributed by atoms with Gasteiger partial charge in [0, 0.05) is 50.4 Å². The fourth-order valence-electron chi connectivity index (χ4n) is 5.52. The van der Waals surface area contributed by atoms with E-state index in [1.165, 1.54) is 7.11 Å². The molecule has 4 rings (SSSR count). The van der Waals surface area contributed by atoms with E-state index in [0.29, 0.717) is 56.6 Å². The molecule has 46 heavy (non-hydrogen) atoms. The van der Waals surface area contributed by atoms with Crippen molar-refractivity contribution >= 4 is 17.8 Å². The first kappa shape index (κ1) is 35.3. The number of hydrogen-bond donors (Lipinski definition) is 6. The van der Waals surface area contributed by atoms with Crippen LogP contribution in [0.15, 0.2) is 36.4 Å². The van der Waals surface area contributed by atoms with E-state index in [1.54, 1.807) is 30.3 Å². The Bertz CT molecular complexity index is 1340. The average molecular weight is 644 g/mol. The normalized spacial score (nSPS) is 17.9. The molecule has 1 saturated carbocycles. The number of carbonyl (C=O) groups excluding carboxylic acids is 3. The lowest BCUT2D eigenvalue weighted by molar-refractivity contribution is -0.132. The number of hydrogen-bond acceptors (Lipinski definition) is 11. The van der Waals surface area contributed by atoms with Crippen LogP contribution in [0.4, 0.5) is 0 Å². The SMILES string of the molecule is CCOc1cc(C(=O)OC)c(C2CC2)cc1CN1CCN(C(=O)Cc2ccc(C(=O)NCC(O)C(O)C(O)C(O)CO)cc2)CC1. The highest BCUT2D eigenvalue weighted by molar-refractivity contribution is 5.94. The molecule has 0 radical (unpaired) electrons. The lowest BCUT2D eigenvalue weighted by Gasteiger charge is -2.35. The van der Waals surface area contributed by atoms with E-state index in [0.717, 1.165) is 29.5 Å². The number of carbonyl (C=O) groups is 3. The zero-order valence-corrected chi connectivity index (χ0v) is 26.3. The zero-order chi connectivity index (χ0) is 33.4. The number of nitrogens with one attached hydrogen (secondary N) is 1. The number of methoxy groups -OCH3 is 1. The minimum absolute atomic E-state index is 0.0222. The molecule has 13 heteroatoms. The van der Waals surface area contributed by atoms with E-state index in [2.05, 4.69) is 16.3 Å². The number of amides is 2. The van der Waals surface area contributed by atoms with Crippen LogP contribution in [0.2, 0.25) is 0 Å². The number of aliphatic hydroxyl groups excluding tert-OH is 5. The van der Waals surface area contributed by atoms with Gasteiger partial charge in [0.25, 0.3) is 5.91 Å². The van der Waals surface area contributed by atoms with Crippen LogP contribution in [0.3, 0.4) is 0 Å². The molecular weight excluding hydrogens is 598 g/mol. The summed E-state index contributed by atoms with van der Waals surface area (Å²) >= 11 is 0. The van der Waals surface area contributed by atoms with Gasteiger partial charge in [-0.15, -0.1) is 0 Å². The molecule has 2 aromatic rings. The summed E-state index contributed by atoms with van der Waals surface area (Å²) in [6.45, 7) is 4.33. The molecule has 2 fully saturated rings. The topological polar surface area (TPSA) is 189 Å². The molecule has 1 aliphatic heterocycles. The maximum absolute atomic E-state index is 13.1. The van der Waals surface area contributed by atoms with E-state index in [1.807, 2.05) is 11.8 Å². The van der Waals surface area contributed by atoms with Crippen LogP contribution < -0.4 is 10.1 Å². The Morgan fingerprint density at radius 1 is 0.957 bits per heavy atom. The smallest absolute Gasteiger partial charge is 0.338 e. The van der Waals surface area contributed by atoms with Crippen molar-refractivity contribution in [2.24, 2.45) is 0 Å². The molecule has 2 aliphatic rings. The van der Waals surface area contributed by atoms with Crippen molar-refractivity contribution in [1.29, 1.82) is 0 Å². The lowest BCUT2D eigenvalue weighted by Crippen LogP contribution is -2.49. The summed E-state index contributed by atoms with van der Waals surface area (Å²) in [4.78, 5) is 42.1. The summed E-state index contributed by atoms with van der Waals surface area (Å²) in [6, 6.07) is 10.4. The van der Waals surface area contributed by atoms with E-state index in [4.69, 9.17) is 14.6 Å². The van der Waals surface area contributed by atoms with E-state index >= 15 is 0 Å². The quantitative estimate of drug-likeness (QED) is 0.141. The monoisotopic (exact) mass is 643 g/mol. The van der Waals surface area contributed by atoms with Crippen LogP contribution in [0.5, 0.6) is 5.75 Å². The number of rotatable bonds is 15. The molecule has 2 amide bonds. The van der Waals surface area contributed by atoms with Gasteiger partial charge < -0.3 is 45.2 Å². The largest absolute Gasteiger partial charge is 0.494 e. The molecule has 1 heterocycles. The van der Waals surface area contributed by atoms with Gasteiger partial charge in [0.2, 0.25) is 5.91 Å². The van der Waals surface area contributed by atoms with Gasteiger partial charge in [-0.1, -0.05) is 12.1 Å². The van der Waals surface area contributed by atoms with Gasteiger partial charge in [0.1, 0.15) is 24.1 Å². The molecule has 0 aromatic heterocycles. The van der Waals surface area contributed by atoms with Crippen LogP contribution >= 0.6 is 0 Å². The highest BCUT2D eigenvalue weighted by Gasteiger charge is 2.32. The number of esters is 1. The second kappa shape index (κ2) is 16.3. The Kier molecular flexibility index (Phi) is 12.5. The zero-order valence-electron chi connectivity index (χ0n) is 26.3. The highest BCUT2D eigenvalue weighted by Crippen LogP contribution is 2.44. The van der Waals surface area contributed by atoms with Gasteiger partial charge in [-0.2, -0.15) is 0 Å². The third-order valence-corrected chi connectivity index (χ3v) is 8.44. The summed E-state index contributed by atoms with van der Waals surface area (Å²) in [5, 5.41) is 50.3. The fourth-order valence-corrected chi connectivity index (χ4v) is 5.52. The summed E-state index contributed by atoms with van der Waals surface area (Å²) < 4.78 is 10.9. The van der Waals surface area contributed by atoms with Gasteiger partial charge in [-0.05, 0) is 61.1 Å². The van der Waals surface area contributed by atoms with Crippen molar-refractivity contribution in [1.82, 2.24) is 15.1 Å². The number of aliphatic hydroxyl groups is 5. The van der Waals surface area contributed by atoms with Crippen LogP contribution in [-0.2, 0) is 22.5 Å².